The molecule has 6 N–H and O–H groups in total. The van der Waals surface area contributed by atoms with E-state index in [0.29, 0.717) is 6.42 Å². The van der Waals surface area contributed by atoms with Crippen molar-refractivity contribution in [1.29, 1.82) is 0 Å². The van der Waals surface area contributed by atoms with Gasteiger partial charge in [-0.1, -0.05) is 63.6 Å². The minimum atomic E-state index is -1.65. The summed E-state index contributed by atoms with van der Waals surface area (Å²) in [7, 11) is 1.29. The predicted molar refractivity (Wildman–Crippen MR) is 200 cm³/mol. The molecule has 54 heavy (non-hydrogen) atoms. The van der Waals surface area contributed by atoms with Crippen molar-refractivity contribution in [2.75, 3.05) is 13.7 Å². The van der Waals surface area contributed by atoms with E-state index < -0.39 is 76.9 Å². The molecule has 2 aliphatic heterocycles. The molecule has 0 aromatic rings. The third-order valence-corrected chi connectivity index (χ3v) is 13.8. The molecule has 12 heteroatoms. The van der Waals surface area contributed by atoms with Crippen LogP contribution in [0.1, 0.15) is 81.1 Å². The smallest absolute Gasteiger partial charge is 0.407 e. The third-order valence-electron chi connectivity index (χ3n) is 13.8. The summed E-state index contributed by atoms with van der Waals surface area (Å²) in [4.78, 5) is 41.2. The van der Waals surface area contributed by atoms with E-state index in [-0.39, 0.29) is 60.4 Å². The number of hydrogen-bond acceptors (Lipinski definition) is 11. The second kappa shape index (κ2) is 14.7. The highest BCUT2D eigenvalue weighted by Gasteiger charge is 2.63. The van der Waals surface area contributed by atoms with Crippen LogP contribution in [0.5, 0.6) is 0 Å². The molecular formula is C42H60N2O10. The standard InChI is InChI=1S/C42H60N2O10/c1-20-10-13-30(53-31-18-40(7,43)35(25(6)52-31)44-39(50)51-9)21(2)15-27-16-26(19-45)24(5)17-42(27)37(48)32(38(49)54-42)36(47)41(8)29(20)12-11-28-33(41)22(3)14-23(4)34(28)46/h10-12,15-16,22-25,27-31,33-35,45-47H,13-14,17-19,43H2,1-9H3,(H,44,50)/b20-10+,21-15+,36-32-/t22-,23-,24+,25+,27+,28-,29-,30-,31-,33+,34-,35-,40-,41+,42-/m0/s1. The number of Topliss-reactive ketones (excluding diaryl/α,β-unsaturated/α-hetero) is 1. The number of ether oxygens (including phenoxy) is 4. The van der Waals surface area contributed by atoms with Crippen LogP contribution in [0.3, 0.4) is 0 Å². The highest BCUT2D eigenvalue weighted by Crippen LogP contribution is 2.60. The average molecular weight is 753 g/mol. The van der Waals surface area contributed by atoms with E-state index in [4.69, 9.17) is 24.7 Å². The first-order chi connectivity index (χ1) is 25.3. The van der Waals surface area contributed by atoms with Crippen LogP contribution in [-0.4, -0.2) is 88.7 Å². The number of nitrogens with one attached hydrogen (secondary N) is 1. The maximum atomic E-state index is 15.0. The van der Waals surface area contributed by atoms with Gasteiger partial charge in [0.05, 0.1) is 38.1 Å². The Bertz CT molecular complexity index is 1690. The molecule has 0 aromatic carbocycles. The van der Waals surface area contributed by atoms with Crippen LogP contribution in [-0.2, 0) is 28.5 Å². The Labute approximate surface area is 318 Å². The molecule has 12 nitrogen and oxygen atoms in total. The Balaban J connectivity index is 1.49. The van der Waals surface area contributed by atoms with Crippen LogP contribution in [0.2, 0.25) is 0 Å². The molecule has 2 bridgehead atoms. The third kappa shape index (κ3) is 6.59. The van der Waals surface area contributed by atoms with Crippen molar-refractivity contribution >= 4 is 17.8 Å². The number of hydrogen-bond donors (Lipinski definition) is 5. The van der Waals surface area contributed by atoms with E-state index in [0.717, 1.165) is 23.1 Å². The summed E-state index contributed by atoms with van der Waals surface area (Å²) in [6.45, 7) is 15.3. The number of ketones is 1. The minimum Gasteiger partial charge on any atom is -0.511 e. The summed E-state index contributed by atoms with van der Waals surface area (Å²) in [5.41, 5.74) is 5.12. The number of carbonyl (C=O) groups is 3. The van der Waals surface area contributed by atoms with E-state index in [1.807, 2.05) is 66.7 Å². The maximum absolute atomic E-state index is 15.0. The first-order valence-electron chi connectivity index (χ1n) is 19.5. The molecule has 0 radical (unpaired) electrons. The van der Waals surface area contributed by atoms with E-state index in [2.05, 4.69) is 24.4 Å². The summed E-state index contributed by atoms with van der Waals surface area (Å²) >= 11 is 0. The maximum Gasteiger partial charge on any atom is 0.407 e. The van der Waals surface area contributed by atoms with Crippen molar-refractivity contribution in [1.82, 2.24) is 5.32 Å². The Morgan fingerprint density at radius 3 is 2.41 bits per heavy atom. The highest BCUT2D eigenvalue weighted by molar-refractivity contribution is 6.26. The van der Waals surface area contributed by atoms with Crippen molar-refractivity contribution in [3.05, 3.63) is 58.4 Å². The monoisotopic (exact) mass is 752 g/mol. The van der Waals surface area contributed by atoms with Gasteiger partial charge in [0.15, 0.2) is 11.9 Å². The molecule has 4 aliphatic carbocycles. The van der Waals surface area contributed by atoms with Crippen molar-refractivity contribution < 1.29 is 48.7 Å². The quantitative estimate of drug-likeness (QED) is 0.149. The normalized spacial score (nSPS) is 48.5. The molecule has 2 saturated heterocycles. The zero-order valence-corrected chi connectivity index (χ0v) is 33.1. The molecule has 0 aromatic heterocycles. The van der Waals surface area contributed by atoms with Gasteiger partial charge < -0.3 is 45.3 Å². The number of amides is 1. The van der Waals surface area contributed by atoms with Gasteiger partial charge in [0.2, 0.25) is 5.78 Å². The van der Waals surface area contributed by atoms with Gasteiger partial charge in [0.25, 0.3) is 0 Å². The number of fused-ring (bicyclic) bond motifs is 4. The lowest BCUT2D eigenvalue weighted by molar-refractivity contribution is -0.224. The van der Waals surface area contributed by atoms with Crippen molar-refractivity contribution in [3.8, 4) is 0 Å². The number of aliphatic hydroxyl groups excluding tert-OH is 3. The molecule has 2 heterocycles. The molecule has 0 unspecified atom stereocenters. The van der Waals surface area contributed by atoms with E-state index >= 15 is 0 Å². The molecule has 6 rings (SSSR count). The van der Waals surface area contributed by atoms with Gasteiger partial charge in [-0.05, 0) is 75.4 Å². The van der Waals surface area contributed by atoms with E-state index in [1.165, 1.54) is 7.11 Å². The summed E-state index contributed by atoms with van der Waals surface area (Å²) in [6, 6.07) is -0.546. The van der Waals surface area contributed by atoms with Crippen molar-refractivity contribution in [2.24, 2.45) is 52.6 Å². The van der Waals surface area contributed by atoms with Gasteiger partial charge in [0, 0.05) is 41.5 Å². The number of esters is 1. The number of allylic oxidation sites excluding steroid dienone is 3. The van der Waals surface area contributed by atoms with Gasteiger partial charge in [-0.2, -0.15) is 0 Å². The topological polar surface area (TPSA) is 187 Å². The fraction of sp³-hybridized carbons (Fsp3) is 0.690. The zero-order valence-electron chi connectivity index (χ0n) is 33.1. The Kier molecular flexibility index (Phi) is 11.0. The minimum absolute atomic E-state index is 0.0316. The number of nitrogens with two attached hydrogens (primary N) is 1. The predicted octanol–water partition coefficient (Wildman–Crippen LogP) is 4.96. The van der Waals surface area contributed by atoms with E-state index in [9.17, 15) is 29.7 Å². The summed E-state index contributed by atoms with van der Waals surface area (Å²) < 4.78 is 24.1. The number of carbonyl (C=O) groups excluding carboxylic acids is 3. The zero-order chi connectivity index (χ0) is 39.7. The molecule has 6 aliphatic rings. The lowest BCUT2D eigenvalue weighted by Gasteiger charge is -2.55. The van der Waals surface area contributed by atoms with Gasteiger partial charge >= 0.3 is 12.1 Å². The van der Waals surface area contributed by atoms with Gasteiger partial charge in [-0.3, -0.25) is 4.79 Å². The SMILES string of the molecule is COC(=O)N[C@H]1[C@@H](C)O[C@@H](O[C@H]2C/C=C(\C)[C@@H]3C=C[C@@H]4[C@@H](O)[C@@H](C)C[C@H](C)[C@H]4[C@]3(C)/C(O)=C3/C(=O)O[C@]4(C[C@@H](C)C(CO)=C[C@H]4/C=C/2C)C3=O)C[C@]1(C)N. The lowest BCUT2D eigenvalue weighted by Crippen LogP contribution is -2.66. The van der Waals surface area contributed by atoms with Crippen LogP contribution in [0.4, 0.5) is 4.79 Å². The van der Waals surface area contributed by atoms with Crippen LogP contribution >= 0.6 is 0 Å². The first-order valence-corrected chi connectivity index (χ1v) is 19.5. The van der Waals surface area contributed by atoms with Crippen LogP contribution in [0.25, 0.3) is 0 Å². The van der Waals surface area contributed by atoms with E-state index in [1.54, 1.807) is 0 Å². The van der Waals surface area contributed by atoms with Gasteiger partial charge in [0.1, 0.15) is 11.3 Å². The van der Waals surface area contributed by atoms with Gasteiger partial charge in [-0.25, -0.2) is 9.59 Å². The summed E-state index contributed by atoms with van der Waals surface area (Å²) in [6.07, 6.45) is 8.18. The largest absolute Gasteiger partial charge is 0.511 e. The molecular weight excluding hydrogens is 692 g/mol. The average Bonchev–Trinajstić information content (AvgIpc) is 3.34. The summed E-state index contributed by atoms with van der Waals surface area (Å²) in [5.74, 6) is -3.73. The molecule has 298 valence electrons. The number of rotatable bonds is 4. The second-order valence-electron chi connectivity index (χ2n) is 17.6. The molecule has 1 amide bonds. The molecule has 1 spiro atoms. The lowest BCUT2D eigenvalue weighted by atomic mass is 9.49. The van der Waals surface area contributed by atoms with Crippen LogP contribution < -0.4 is 11.1 Å². The van der Waals surface area contributed by atoms with Crippen LogP contribution in [0, 0.1) is 46.8 Å². The highest BCUT2D eigenvalue weighted by atomic mass is 16.7. The number of alkyl carbamates (subject to hydrolysis) is 1. The second-order valence-corrected chi connectivity index (χ2v) is 17.6. The fourth-order valence-corrected chi connectivity index (χ4v) is 11.0. The van der Waals surface area contributed by atoms with Gasteiger partial charge in [-0.15, -0.1) is 0 Å². The van der Waals surface area contributed by atoms with Crippen molar-refractivity contribution in [2.45, 2.75) is 123 Å². The van der Waals surface area contributed by atoms with Crippen molar-refractivity contribution in [3.63, 3.8) is 0 Å². The first kappa shape index (κ1) is 40.4. The number of aliphatic hydroxyl groups is 3. The van der Waals surface area contributed by atoms with Crippen LogP contribution in [0.15, 0.2) is 58.4 Å². The Hall–Kier alpha value is -3.29. The number of methoxy groups -OCH3 is 1. The Morgan fingerprint density at radius 2 is 1.76 bits per heavy atom. The molecule has 1 saturated carbocycles. The molecule has 15 atom stereocenters. The molecule has 3 fully saturated rings. The summed E-state index contributed by atoms with van der Waals surface area (Å²) in [5, 5.41) is 37.2. The fourth-order valence-electron chi connectivity index (χ4n) is 11.0. The Morgan fingerprint density at radius 1 is 1.06 bits per heavy atom.